The van der Waals surface area contributed by atoms with Gasteiger partial charge in [-0.25, -0.2) is 4.98 Å². The molecular weight excluding hydrogens is 1730 g/mol. The van der Waals surface area contributed by atoms with E-state index in [9.17, 15) is 68.4 Å². The van der Waals surface area contributed by atoms with Crippen LogP contribution in [0, 0.1) is 11.8 Å². The Morgan fingerprint density at radius 3 is 1.73 bits per heavy atom. The lowest BCUT2D eigenvalue weighted by molar-refractivity contribution is -0.149. The molecule has 6 aromatic rings. The average Bonchev–Trinajstić information content (AvgIpc) is 1.62. The third-order valence-corrected chi connectivity index (χ3v) is 25.1. The summed E-state index contributed by atoms with van der Waals surface area (Å²) in [5, 5.41) is 68.6. The third kappa shape index (κ3) is 27.9. The number of aliphatic hydroxyl groups is 3. The molecule has 3 aliphatic heterocycles. The number of nitrogens with two attached hydrogens (primary N) is 2. The molecular formula is C90H124N20O21S. The predicted molar refractivity (Wildman–Crippen MR) is 484 cm³/mol. The number of amides is 16. The Labute approximate surface area is 767 Å². The van der Waals surface area contributed by atoms with Gasteiger partial charge in [-0.3, -0.25) is 81.5 Å². The molecule has 0 radical (unpaired) electrons. The number of aromatic nitrogens is 4. The summed E-state index contributed by atoms with van der Waals surface area (Å²) in [4.78, 5) is 267. The number of ketones is 1. The number of nitrogens with one attached hydrogen (secondary N) is 12. The molecule has 3 saturated heterocycles. The Balaban J connectivity index is 1.09. The zero-order valence-corrected chi connectivity index (χ0v) is 76.2. The van der Waals surface area contributed by atoms with Crippen molar-refractivity contribution in [2.24, 2.45) is 23.3 Å². The van der Waals surface area contributed by atoms with Crippen LogP contribution in [0.5, 0.6) is 5.75 Å². The van der Waals surface area contributed by atoms with Gasteiger partial charge in [0, 0.05) is 131 Å². The van der Waals surface area contributed by atoms with Gasteiger partial charge in [-0.05, 0) is 98.7 Å². The van der Waals surface area contributed by atoms with Gasteiger partial charge in [0.2, 0.25) is 94.5 Å². The van der Waals surface area contributed by atoms with Crippen LogP contribution < -0.4 is 59.3 Å². The van der Waals surface area contributed by atoms with Gasteiger partial charge in [0.05, 0.1) is 44.0 Å². The lowest BCUT2D eigenvalue weighted by atomic mass is 9.90. The first kappa shape index (κ1) is 103. The van der Waals surface area contributed by atoms with E-state index in [4.69, 9.17) is 11.5 Å². The number of benzene rings is 3. The van der Waals surface area contributed by atoms with E-state index in [1.807, 2.05) is 13.8 Å². The quantitative estimate of drug-likeness (QED) is 0.0320. The monoisotopic (exact) mass is 1850 g/mol. The number of hydrogen-bond donors (Lipinski definition) is 18. The number of aromatic hydroxyl groups is 1. The molecule has 3 fully saturated rings. The van der Waals surface area contributed by atoms with Gasteiger partial charge in [-0.15, -0.1) is 11.8 Å². The number of rotatable bonds is 24. The molecule has 42 heteroatoms. The molecule has 0 saturated carbocycles. The van der Waals surface area contributed by atoms with E-state index >= 15 is 33.6 Å². The van der Waals surface area contributed by atoms with E-state index in [0.29, 0.717) is 64.2 Å². The maximum atomic E-state index is 15.7. The number of thioether (sulfide) groups is 1. The first-order chi connectivity index (χ1) is 62.9. The number of imidazole rings is 1. The maximum Gasteiger partial charge on any atom is 0.248 e. The summed E-state index contributed by atoms with van der Waals surface area (Å²) in [5.41, 5.74) is 14.1. The van der Waals surface area contributed by atoms with Crippen LogP contribution in [0.3, 0.4) is 0 Å². The van der Waals surface area contributed by atoms with E-state index in [-0.39, 0.29) is 81.7 Å². The molecule has 716 valence electrons. The minimum atomic E-state index is -1.87. The second-order valence-electron chi connectivity index (χ2n) is 34.3. The lowest BCUT2D eigenvalue weighted by Crippen LogP contribution is -2.61. The fourth-order valence-corrected chi connectivity index (χ4v) is 17.5. The van der Waals surface area contributed by atoms with E-state index in [1.165, 1.54) is 69.8 Å². The number of carbonyl (C=O) groups is 17. The van der Waals surface area contributed by atoms with E-state index in [2.05, 4.69) is 67.8 Å². The smallest absolute Gasteiger partial charge is 0.248 e. The third-order valence-electron chi connectivity index (χ3n) is 24.1. The Bertz CT molecular complexity index is 5090. The molecule has 3 aromatic carbocycles. The highest BCUT2D eigenvalue weighted by molar-refractivity contribution is 8.00. The summed E-state index contributed by atoms with van der Waals surface area (Å²) < 4.78 is 0. The highest BCUT2D eigenvalue weighted by Gasteiger charge is 2.47. The van der Waals surface area contributed by atoms with Crippen LogP contribution in [0.4, 0.5) is 0 Å². The number of phenolic OH excluding ortho intramolecular Hbond substituents is 1. The molecule has 0 unspecified atom stereocenters. The summed E-state index contributed by atoms with van der Waals surface area (Å²) in [6, 6.07) is -0.348. The molecule has 3 aromatic heterocycles. The number of hydrogen-bond acceptors (Lipinski definition) is 23. The minimum absolute atomic E-state index is 0.0141. The number of carbonyl (C=O) groups excluding carboxylic acids is 17. The summed E-state index contributed by atoms with van der Waals surface area (Å²) in [5.74, 6) is -18.4. The van der Waals surface area contributed by atoms with E-state index in [0.717, 1.165) is 31.4 Å². The SMILES string of the molecule is CCCC[C@H]1C(=O)N(C)[C@@H](CCCC)C(=O)N[C@@H](CC(C)C)C(=O)N[C@H](C(=O)NCC(N)=O)CSCC(=O)N[C@@H](Cc2ccc(O)cc2)C(=O)N(C)[C@@H](C)C(=O)N[C@@H](CO)C(=O)N2CCC[C@H]2C(=O)N[C@@H](Cc2cnc[nH]2)C(=O)N[C@@H](CCC(N)=O)C(=O)N2C[C@H](O)C[C@H]2C(=O)C[C@@H](Cc2c[nH]c3ccccc23)C(=O)N[C@@H](CO)C(=O)N[C@@H](Cc2c[nH]c3ccccc23)C(=O)N1C. The fourth-order valence-electron chi connectivity index (χ4n) is 16.6. The van der Waals surface area contributed by atoms with Gasteiger partial charge in [0.1, 0.15) is 78.3 Å². The number of aromatic amines is 3. The second-order valence-corrected chi connectivity index (χ2v) is 35.3. The van der Waals surface area contributed by atoms with Crippen molar-refractivity contribution < 1.29 is 102 Å². The Kier molecular flexibility index (Phi) is 38.1. The lowest BCUT2D eigenvalue weighted by Gasteiger charge is -2.36. The first-order valence-corrected chi connectivity index (χ1v) is 45.6. The number of nitrogens with zero attached hydrogens (tertiary/aromatic N) is 6. The molecule has 16 amide bonds. The van der Waals surface area contributed by atoms with Gasteiger partial charge in [0.15, 0.2) is 5.78 Å². The summed E-state index contributed by atoms with van der Waals surface area (Å²) in [6.07, 6.45) is 3.16. The molecule has 0 bridgehead atoms. The van der Waals surface area contributed by atoms with Crippen molar-refractivity contribution in [1.29, 1.82) is 0 Å². The number of H-pyrrole nitrogens is 3. The molecule has 132 heavy (non-hydrogen) atoms. The van der Waals surface area contributed by atoms with Crippen LogP contribution in [0.2, 0.25) is 0 Å². The number of primary amides is 2. The largest absolute Gasteiger partial charge is 0.508 e. The number of para-hydroxylation sites is 2. The van der Waals surface area contributed by atoms with Crippen LogP contribution >= 0.6 is 11.8 Å². The van der Waals surface area contributed by atoms with E-state index in [1.54, 1.807) is 74.8 Å². The minimum Gasteiger partial charge on any atom is -0.508 e. The number of Topliss-reactive ketones (excluding diaryl/α,β-unsaturated/α-hetero) is 1. The number of likely N-dealkylation sites (N-methyl/N-ethyl adjacent to an activating group) is 3. The van der Waals surface area contributed by atoms with Crippen molar-refractivity contribution in [2.45, 2.75) is 228 Å². The summed E-state index contributed by atoms with van der Waals surface area (Å²) in [6.45, 7) is 5.07. The standard InChI is InChI=1S/C90H124N20O21S/c1-9-11-22-70-84(125)100-63(32-49(3)4)81(122)105-69(80(121)96-42-76(92)117)46-132-47-77(118)98-65(33-51-25-27-56(113)28-26-51)86(127)106(6)50(5)78(119)104-68(45-112)89(130)109-31-17-24-71(109)85(126)101-64(37-55-41-93-48-97-55)82(123)99-62(29-30-75(91)116)88(129)110-43-57(114)38-73(110)74(115)36-52(34-53-39-94-60-20-15-13-18-58(53)60)79(120)103-67(44-111)83(124)102-66(35-54-40-95-61-21-16-14-19-59(54)61)87(128)108(8)72(23-12-10-2)90(131)107(70)7/h13-16,18-21,25-28,39-41,48-50,52,57,62-73,94-95,111-114H,9-12,17,22-24,29-38,42-47H2,1-8H3,(H2,91,116)(H2,92,117)(H,93,97)(H,96,121)(H,98,118)(H,99,123)(H,100,125)(H,101,126)(H,102,124)(H,103,120)(H,104,119)(H,105,122)/t50-,52+,57+,62-,63-,64-,65-,66-,67-,68-,69-,70-,71-,72-,73-/m0/s1. The van der Waals surface area contributed by atoms with Gasteiger partial charge >= 0.3 is 0 Å². The van der Waals surface area contributed by atoms with Crippen LogP contribution in [0.15, 0.2) is 97.7 Å². The fraction of sp³-hybridized carbons (Fsp3) is 0.533. The second kappa shape index (κ2) is 48.9. The Hall–Kier alpha value is -12.8. The molecule has 3 aliphatic rings. The van der Waals surface area contributed by atoms with Crippen molar-refractivity contribution in [1.82, 2.24) is 92.3 Å². The van der Waals surface area contributed by atoms with Gasteiger partial charge < -0.3 is 119 Å². The van der Waals surface area contributed by atoms with Crippen molar-refractivity contribution >= 4 is 134 Å². The van der Waals surface area contributed by atoms with Crippen molar-refractivity contribution in [3.63, 3.8) is 0 Å². The first-order valence-electron chi connectivity index (χ1n) is 44.5. The highest BCUT2D eigenvalue weighted by atomic mass is 32.2. The highest BCUT2D eigenvalue weighted by Crippen LogP contribution is 2.30. The van der Waals surface area contributed by atoms with Gasteiger partial charge in [-0.1, -0.05) is 102 Å². The van der Waals surface area contributed by atoms with Gasteiger partial charge in [0.25, 0.3) is 0 Å². The van der Waals surface area contributed by atoms with Crippen LogP contribution in [0.25, 0.3) is 21.8 Å². The molecule has 15 atom stereocenters. The normalized spacial score (nSPS) is 25.2. The van der Waals surface area contributed by atoms with Gasteiger partial charge in [-0.2, -0.15) is 0 Å². The zero-order chi connectivity index (χ0) is 96.3. The number of aliphatic hydroxyl groups excluding tert-OH is 3. The van der Waals surface area contributed by atoms with Crippen molar-refractivity contribution in [3.8, 4) is 5.75 Å². The van der Waals surface area contributed by atoms with Crippen LogP contribution in [-0.2, 0) is 107 Å². The molecule has 9 rings (SSSR count). The Morgan fingerprint density at radius 1 is 0.561 bits per heavy atom. The molecule has 20 N–H and O–H groups in total. The average molecular weight is 1850 g/mol. The van der Waals surface area contributed by atoms with Crippen LogP contribution in [0.1, 0.15) is 140 Å². The number of fused-ring (bicyclic) bond motifs is 4. The summed E-state index contributed by atoms with van der Waals surface area (Å²) in [7, 11) is 3.96. The molecule has 0 spiro atoms. The topological polar surface area (TPSA) is 608 Å². The zero-order valence-electron chi connectivity index (χ0n) is 75.4. The van der Waals surface area contributed by atoms with E-state index < -0.39 is 254 Å². The predicted octanol–water partition coefficient (Wildman–Crippen LogP) is -1.72. The molecule has 41 nitrogen and oxygen atoms in total. The Morgan fingerprint density at radius 2 is 1.12 bits per heavy atom. The number of unbranched alkanes of at least 4 members (excludes halogenated alkanes) is 2. The molecule has 0 aliphatic carbocycles. The van der Waals surface area contributed by atoms with Crippen molar-refractivity contribution in [2.75, 3.05) is 65.5 Å². The summed E-state index contributed by atoms with van der Waals surface area (Å²) >= 11 is 0.798. The molecule has 6 heterocycles. The van der Waals surface area contributed by atoms with Crippen LogP contribution in [-0.4, -0.2) is 315 Å². The van der Waals surface area contributed by atoms with Crippen molar-refractivity contribution in [3.05, 3.63) is 120 Å². The number of phenols is 1. The maximum absolute atomic E-state index is 15.7.